The third-order valence-electron chi connectivity index (χ3n) is 2.44. The van der Waals surface area contributed by atoms with Gasteiger partial charge in [-0.1, -0.05) is 0 Å². The molecule has 0 saturated heterocycles. The van der Waals surface area contributed by atoms with E-state index in [9.17, 15) is 8.78 Å². The third-order valence-corrected chi connectivity index (χ3v) is 2.44. The molecule has 0 unspecified atom stereocenters. The van der Waals surface area contributed by atoms with E-state index < -0.39 is 11.6 Å². The molecule has 0 fully saturated rings. The summed E-state index contributed by atoms with van der Waals surface area (Å²) in [5.41, 5.74) is 0.722. The average molecular weight is 248 g/mol. The maximum absolute atomic E-state index is 13.5. The molecular formula is C12H10F2N4. The van der Waals surface area contributed by atoms with E-state index in [2.05, 4.69) is 15.3 Å². The van der Waals surface area contributed by atoms with E-state index >= 15 is 0 Å². The fourth-order valence-corrected chi connectivity index (χ4v) is 1.54. The van der Waals surface area contributed by atoms with Gasteiger partial charge in [0.1, 0.15) is 11.6 Å². The van der Waals surface area contributed by atoms with Crippen LogP contribution in [0.1, 0.15) is 16.8 Å². The predicted molar refractivity (Wildman–Crippen MR) is 60.2 cm³/mol. The number of hydrogen-bond donors (Lipinski definition) is 2. The van der Waals surface area contributed by atoms with Crippen LogP contribution in [0.2, 0.25) is 0 Å². The summed E-state index contributed by atoms with van der Waals surface area (Å²) < 4.78 is 27.0. The van der Waals surface area contributed by atoms with E-state index in [1.54, 1.807) is 12.3 Å². The van der Waals surface area contributed by atoms with Gasteiger partial charge in [-0.15, -0.1) is 0 Å². The molecule has 1 aromatic carbocycles. The summed E-state index contributed by atoms with van der Waals surface area (Å²) in [5.74, 6) is -1.44. The molecule has 0 aliphatic rings. The number of nitriles is 1. The van der Waals surface area contributed by atoms with Gasteiger partial charge in [0.15, 0.2) is 0 Å². The Bertz CT molecular complexity index is 549. The number of benzene rings is 1. The van der Waals surface area contributed by atoms with Gasteiger partial charge in [0.25, 0.3) is 0 Å². The number of nitrogens with one attached hydrogen (secondary N) is 2. The van der Waals surface area contributed by atoms with Gasteiger partial charge in [-0.25, -0.2) is 13.8 Å². The minimum absolute atomic E-state index is 0.0256. The Balaban J connectivity index is 2.03. The largest absolute Gasteiger partial charge is 0.347 e. The zero-order chi connectivity index (χ0) is 13.0. The lowest BCUT2D eigenvalue weighted by atomic mass is 10.1. The molecule has 18 heavy (non-hydrogen) atoms. The topological polar surface area (TPSA) is 64.5 Å². The number of nitrogens with zero attached hydrogens (tertiary/aromatic N) is 2. The second-order valence-electron chi connectivity index (χ2n) is 3.71. The number of rotatable bonds is 4. The van der Waals surface area contributed by atoms with E-state index in [0.717, 1.165) is 17.8 Å². The molecule has 2 aromatic rings. The van der Waals surface area contributed by atoms with Gasteiger partial charge in [0.2, 0.25) is 0 Å². The van der Waals surface area contributed by atoms with Crippen LogP contribution in [-0.2, 0) is 13.1 Å². The number of imidazole rings is 1. The highest BCUT2D eigenvalue weighted by molar-refractivity contribution is 5.34. The summed E-state index contributed by atoms with van der Waals surface area (Å²) in [6.07, 6.45) is 3.15. The number of aromatic amines is 1. The fourth-order valence-electron chi connectivity index (χ4n) is 1.54. The summed E-state index contributed by atoms with van der Waals surface area (Å²) in [6.45, 7) is 0.473. The van der Waals surface area contributed by atoms with Crippen molar-refractivity contribution in [3.05, 3.63) is 53.1 Å². The van der Waals surface area contributed by atoms with Crippen molar-refractivity contribution in [1.82, 2.24) is 15.3 Å². The highest BCUT2D eigenvalue weighted by Crippen LogP contribution is 2.15. The molecule has 0 aliphatic carbocycles. The molecule has 0 aliphatic heterocycles. The van der Waals surface area contributed by atoms with Crippen LogP contribution >= 0.6 is 0 Å². The minimum Gasteiger partial charge on any atom is -0.347 e. The molecule has 0 saturated carbocycles. The molecule has 0 bridgehead atoms. The van der Waals surface area contributed by atoms with Crippen LogP contribution in [0.3, 0.4) is 0 Å². The van der Waals surface area contributed by atoms with E-state index in [4.69, 9.17) is 5.26 Å². The molecule has 0 atom stereocenters. The fraction of sp³-hybridized carbons (Fsp3) is 0.167. The standard InChI is InChI=1S/C12H10F2N4/c13-11-1-8(3-15)2-12(14)10(11)6-16-4-9-5-17-7-18-9/h1-2,5,7,16H,4,6H2,(H,17,18). The normalized spacial score (nSPS) is 10.3. The van der Waals surface area contributed by atoms with Crippen LogP contribution in [0.25, 0.3) is 0 Å². The Morgan fingerprint density at radius 2 is 2.00 bits per heavy atom. The summed E-state index contributed by atoms with van der Waals surface area (Å²) in [5, 5.41) is 11.5. The lowest BCUT2D eigenvalue weighted by Crippen LogP contribution is -2.15. The van der Waals surface area contributed by atoms with Crippen molar-refractivity contribution >= 4 is 0 Å². The summed E-state index contributed by atoms with van der Waals surface area (Å²) >= 11 is 0. The van der Waals surface area contributed by atoms with Crippen molar-refractivity contribution in [3.8, 4) is 6.07 Å². The molecule has 1 aromatic heterocycles. The van der Waals surface area contributed by atoms with Crippen molar-refractivity contribution in [2.75, 3.05) is 0 Å². The molecule has 0 radical (unpaired) electrons. The third kappa shape index (κ3) is 2.70. The van der Waals surface area contributed by atoms with Crippen LogP contribution in [0.4, 0.5) is 8.78 Å². The maximum Gasteiger partial charge on any atom is 0.131 e. The predicted octanol–water partition coefficient (Wildman–Crippen LogP) is 1.85. The molecule has 1 heterocycles. The van der Waals surface area contributed by atoms with Gasteiger partial charge in [-0.3, -0.25) is 0 Å². The average Bonchev–Trinajstić information content (AvgIpc) is 2.85. The number of aromatic nitrogens is 2. The van der Waals surface area contributed by atoms with Crippen LogP contribution in [0, 0.1) is 23.0 Å². The van der Waals surface area contributed by atoms with Crippen molar-refractivity contribution in [3.63, 3.8) is 0 Å². The van der Waals surface area contributed by atoms with Gasteiger partial charge in [-0.2, -0.15) is 5.26 Å². The van der Waals surface area contributed by atoms with Crippen molar-refractivity contribution in [2.24, 2.45) is 0 Å². The Labute approximate surface area is 102 Å². The van der Waals surface area contributed by atoms with Crippen molar-refractivity contribution < 1.29 is 8.78 Å². The molecule has 0 amide bonds. The first-order valence-corrected chi connectivity index (χ1v) is 5.26. The van der Waals surface area contributed by atoms with Crippen LogP contribution in [0.15, 0.2) is 24.7 Å². The summed E-state index contributed by atoms with van der Waals surface area (Å²) in [6, 6.07) is 3.75. The van der Waals surface area contributed by atoms with Crippen LogP contribution in [-0.4, -0.2) is 9.97 Å². The molecule has 2 N–H and O–H groups in total. The number of hydrogen-bond acceptors (Lipinski definition) is 3. The monoisotopic (exact) mass is 248 g/mol. The van der Waals surface area contributed by atoms with Crippen LogP contribution < -0.4 is 5.32 Å². The molecule has 2 rings (SSSR count). The molecule has 6 heteroatoms. The van der Waals surface area contributed by atoms with Crippen molar-refractivity contribution in [1.29, 1.82) is 5.26 Å². The SMILES string of the molecule is N#Cc1cc(F)c(CNCc2cnc[nH]2)c(F)c1. The first kappa shape index (κ1) is 12.2. The minimum atomic E-state index is -0.719. The number of halogens is 2. The van der Waals surface area contributed by atoms with E-state index in [1.807, 2.05) is 0 Å². The Kier molecular flexibility index (Phi) is 3.65. The molecular weight excluding hydrogens is 238 g/mol. The zero-order valence-corrected chi connectivity index (χ0v) is 9.37. The van der Waals surface area contributed by atoms with Gasteiger partial charge in [-0.05, 0) is 12.1 Å². The summed E-state index contributed by atoms with van der Waals surface area (Å²) in [4.78, 5) is 6.69. The van der Waals surface area contributed by atoms with E-state index in [1.165, 1.54) is 6.33 Å². The number of H-pyrrole nitrogens is 1. The molecule has 92 valence electrons. The second-order valence-corrected chi connectivity index (χ2v) is 3.71. The Morgan fingerprint density at radius 3 is 2.56 bits per heavy atom. The lowest BCUT2D eigenvalue weighted by Gasteiger charge is -2.06. The smallest absolute Gasteiger partial charge is 0.131 e. The summed E-state index contributed by atoms with van der Waals surface area (Å²) in [7, 11) is 0. The second kappa shape index (κ2) is 5.38. The maximum atomic E-state index is 13.5. The first-order chi connectivity index (χ1) is 8.70. The molecule has 4 nitrogen and oxygen atoms in total. The van der Waals surface area contributed by atoms with Gasteiger partial charge in [0.05, 0.1) is 18.0 Å². The zero-order valence-electron chi connectivity index (χ0n) is 9.37. The van der Waals surface area contributed by atoms with Crippen LogP contribution in [0.5, 0.6) is 0 Å². The Hall–Kier alpha value is -2.26. The van der Waals surface area contributed by atoms with E-state index in [0.29, 0.717) is 6.54 Å². The molecule has 0 spiro atoms. The Morgan fingerprint density at radius 1 is 1.28 bits per heavy atom. The van der Waals surface area contributed by atoms with Gasteiger partial charge < -0.3 is 10.3 Å². The van der Waals surface area contributed by atoms with E-state index in [-0.39, 0.29) is 17.7 Å². The lowest BCUT2D eigenvalue weighted by molar-refractivity contribution is 0.533. The highest BCUT2D eigenvalue weighted by Gasteiger charge is 2.10. The first-order valence-electron chi connectivity index (χ1n) is 5.26. The van der Waals surface area contributed by atoms with Crippen molar-refractivity contribution in [2.45, 2.75) is 13.1 Å². The van der Waals surface area contributed by atoms with Gasteiger partial charge in [0, 0.05) is 30.5 Å². The quantitative estimate of drug-likeness (QED) is 0.867. The van der Waals surface area contributed by atoms with Gasteiger partial charge >= 0.3 is 0 Å². The highest BCUT2D eigenvalue weighted by atomic mass is 19.1.